The smallest absolute Gasteiger partial charge is 0.319 e. The zero-order valence-corrected chi connectivity index (χ0v) is 13.1. The summed E-state index contributed by atoms with van der Waals surface area (Å²) >= 11 is 0. The van der Waals surface area contributed by atoms with Crippen molar-refractivity contribution in [1.82, 2.24) is 15.1 Å². The van der Waals surface area contributed by atoms with E-state index in [1.165, 1.54) is 0 Å². The molecule has 0 unspecified atom stereocenters. The van der Waals surface area contributed by atoms with Crippen LogP contribution in [0.1, 0.15) is 12.1 Å². The average molecular weight is 308 g/mol. The van der Waals surface area contributed by atoms with Gasteiger partial charge in [0.25, 0.3) is 0 Å². The van der Waals surface area contributed by atoms with Gasteiger partial charge in [0.15, 0.2) is 0 Å². The van der Waals surface area contributed by atoms with Gasteiger partial charge in [0.05, 0.1) is 11.4 Å². The summed E-state index contributed by atoms with van der Waals surface area (Å²) in [5.74, 6) is 0. The van der Waals surface area contributed by atoms with Gasteiger partial charge >= 0.3 is 6.03 Å². The van der Waals surface area contributed by atoms with Crippen molar-refractivity contribution in [2.75, 3.05) is 11.9 Å². The molecule has 0 saturated heterocycles. The first-order valence-corrected chi connectivity index (χ1v) is 7.75. The number of anilines is 1. The molecule has 5 nitrogen and oxygen atoms in total. The maximum atomic E-state index is 12.0. The lowest BCUT2D eigenvalue weighted by atomic mass is 10.1. The van der Waals surface area contributed by atoms with Gasteiger partial charge in [-0.05, 0) is 30.9 Å². The normalized spacial score (nSPS) is 10.7. The van der Waals surface area contributed by atoms with Crippen molar-refractivity contribution in [3.63, 3.8) is 0 Å². The van der Waals surface area contributed by atoms with E-state index in [-0.39, 0.29) is 6.03 Å². The van der Waals surface area contributed by atoms with Crippen LogP contribution in [0.3, 0.4) is 0 Å². The molecular weight excluding hydrogens is 288 g/mol. The van der Waals surface area contributed by atoms with Gasteiger partial charge in [0.2, 0.25) is 0 Å². The predicted octanol–water partition coefficient (Wildman–Crippen LogP) is 3.56. The van der Waals surface area contributed by atoms with Crippen LogP contribution in [0.25, 0.3) is 10.8 Å². The number of hydrogen-bond donors (Lipinski definition) is 2. The molecule has 0 atom stereocenters. The molecule has 3 aromatic rings. The maximum absolute atomic E-state index is 12.0. The number of carbonyl (C=O) groups excluding carboxylic acids is 1. The van der Waals surface area contributed by atoms with Crippen LogP contribution in [-0.4, -0.2) is 22.4 Å². The van der Waals surface area contributed by atoms with Crippen molar-refractivity contribution in [1.29, 1.82) is 0 Å². The third kappa shape index (κ3) is 3.88. The van der Waals surface area contributed by atoms with Crippen LogP contribution in [-0.2, 0) is 6.54 Å². The summed E-state index contributed by atoms with van der Waals surface area (Å²) in [5, 5.41) is 12.3. The van der Waals surface area contributed by atoms with Crippen molar-refractivity contribution in [3.05, 3.63) is 60.4 Å². The van der Waals surface area contributed by atoms with Gasteiger partial charge in [-0.1, -0.05) is 36.4 Å². The fourth-order valence-electron chi connectivity index (χ4n) is 2.53. The van der Waals surface area contributed by atoms with Crippen molar-refractivity contribution >= 4 is 22.5 Å². The number of urea groups is 1. The first-order valence-electron chi connectivity index (χ1n) is 7.75. The number of benzene rings is 2. The van der Waals surface area contributed by atoms with E-state index in [1.54, 1.807) is 0 Å². The summed E-state index contributed by atoms with van der Waals surface area (Å²) in [7, 11) is 0. The molecule has 1 aromatic heterocycles. The van der Waals surface area contributed by atoms with Gasteiger partial charge in [0.1, 0.15) is 0 Å². The van der Waals surface area contributed by atoms with Gasteiger partial charge < -0.3 is 10.6 Å². The summed E-state index contributed by atoms with van der Waals surface area (Å²) in [4.78, 5) is 12.0. The van der Waals surface area contributed by atoms with E-state index < -0.39 is 0 Å². The first kappa shape index (κ1) is 15.1. The maximum Gasteiger partial charge on any atom is 0.319 e. The molecule has 2 aromatic carbocycles. The van der Waals surface area contributed by atoms with Crippen LogP contribution >= 0.6 is 0 Å². The monoisotopic (exact) mass is 308 g/mol. The van der Waals surface area contributed by atoms with Crippen molar-refractivity contribution in [2.45, 2.75) is 19.9 Å². The first-order chi connectivity index (χ1) is 11.2. The molecule has 0 aliphatic carbocycles. The van der Waals surface area contributed by atoms with Crippen LogP contribution in [0.4, 0.5) is 10.5 Å². The number of aryl methyl sites for hydroxylation is 2. The number of amides is 2. The molecule has 5 heteroatoms. The second-order valence-electron chi connectivity index (χ2n) is 5.48. The molecule has 118 valence electrons. The molecule has 0 aliphatic rings. The van der Waals surface area contributed by atoms with Crippen LogP contribution in [0.5, 0.6) is 0 Å². The highest BCUT2D eigenvalue weighted by Crippen LogP contribution is 2.22. The number of nitrogens with zero attached hydrogens (tertiary/aromatic N) is 2. The van der Waals surface area contributed by atoms with E-state index in [4.69, 9.17) is 0 Å². The van der Waals surface area contributed by atoms with Gasteiger partial charge in [0, 0.05) is 24.7 Å². The Morgan fingerprint density at radius 3 is 2.78 bits per heavy atom. The number of hydrogen-bond acceptors (Lipinski definition) is 2. The Morgan fingerprint density at radius 2 is 1.96 bits per heavy atom. The Hall–Kier alpha value is -2.82. The van der Waals surface area contributed by atoms with E-state index in [2.05, 4.69) is 15.7 Å². The lowest BCUT2D eigenvalue weighted by Gasteiger charge is -2.10. The Kier molecular flexibility index (Phi) is 4.57. The molecule has 1 heterocycles. The van der Waals surface area contributed by atoms with Gasteiger partial charge in [-0.3, -0.25) is 4.68 Å². The summed E-state index contributed by atoms with van der Waals surface area (Å²) in [5.41, 5.74) is 1.83. The lowest BCUT2D eigenvalue weighted by Crippen LogP contribution is -2.30. The van der Waals surface area contributed by atoms with E-state index >= 15 is 0 Å². The third-order valence-electron chi connectivity index (χ3n) is 3.66. The van der Waals surface area contributed by atoms with Gasteiger partial charge in [-0.2, -0.15) is 5.10 Å². The van der Waals surface area contributed by atoms with E-state index in [0.717, 1.165) is 35.1 Å². The molecule has 23 heavy (non-hydrogen) atoms. The molecule has 0 bridgehead atoms. The van der Waals surface area contributed by atoms with Crippen LogP contribution in [0.15, 0.2) is 54.7 Å². The zero-order valence-electron chi connectivity index (χ0n) is 13.1. The van der Waals surface area contributed by atoms with Crippen molar-refractivity contribution in [2.24, 2.45) is 0 Å². The lowest BCUT2D eigenvalue weighted by molar-refractivity contribution is 0.251. The summed E-state index contributed by atoms with van der Waals surface area (Å²) in [6.07, 6.45) is 2.79. The number of rotatable bonds is 5. The summed E-state index contributed by atoms with van der Waals surface area (Å²) < 4.78 is 1.89. The number of carbonyl (C=O) groups is 1. The SMILES string of the molecule is Cc1ccn(CCCNC(=O)Nc2cccc3ccccc23)n1. The highest BCUT2D eigenvalue weighted by atomic mass is 16.2. The molecule has 0 saturated carbocycles. The topological polar surface area (TPSA) is 59.0 Å². The molecule has 3 rings (SSSR count). The Labute approximate surface area is 135 Å². The second kappa shape index (κ2) is 6.96. The van der Waals surface area contributed by atoms with Crippen molar-refractivity contribution in [3.8, 4) is 0 Å². The minimum Gasteiger partial charge on any atom is -0.338 e. The quantitative estimate of drug-likeness (QED) is 0.708. The Balaban J connectivity index is 1.51. The molecule has 0 aliphatic heterocycles. The molecule has 0 fully saturated rings. The van der Waals surface area contributed by atoms with Gasteiger partial charge in [-0.15, -0.1) is 0 Å². The summed E-state index contributed by atoms with van der Waals surface area (Å²) in [6, 6.07) is 15.7. The molecule has 0 radical (unpaired) electrons. The van der Waals surface area contributed by atoms with Gasteiger partial charge in [-0.25, -0.2) is 4.79 Å². The zero-order chi connectivity index (χ0) is 16.1. The number of aromatic nitrogens is 2. The Bertz CT molecular complexity index is 804. The summed E-state index contributed by atoms with van der Waals surface area (Å²) in [6.45, 7) is 3.37. The minimum absolute atomic E-state index is 0.182. The largest absolute Gasteiger partial charge is 0.338 e. The van der Waals surface area contributed by atoms with E-state index in [9.17, 15) is 4.79 Å². The van der Waals surface area contributed by atoms with E-state index in [1.807, 2.05) is 66.3 Å². The minimum atomic E-state index is -0.182. The highest BCUT2D eigenvalue weighted by molar-refractivity contribution is 6.01. The number of nitrogens with one attached hydrogen (secondary N) is 2. The van der Waals surface area contributed by atoms with Crippen molar-refractivity contribution < 1.29 is 4.79 Å². The second-order valence-corrected chi connectivity index (χ2v) is 5.48. The molecule has 2 N–H and O–H groups in total. The standard InChI is InChI=1S/C18H20N4O/c1-14-10-13-22(21-14)12-5-11-19-18(23)20-17-9-4-7-15-6-2-3-8-16(15)17/h2-4,6-10,13H,5,11-12H2,1H3,(H2,19,20,23). The van der Waals surface area contributed by atoms with Crippen LogP contribution in [0.2, 0.25) is 0 Å². The van der Waals surface area contributed by atoms with Crippen LogP contribution < -0.4 is 10.6 Å². The van der Waals surface area contributed by atoms with E-state index in [0.29, 0.717) is 6.54 Å². The fraction of sp³-hybridized carbons (Fsp3) is 0.222. The van der Waals surface area contributed by atoms with Crippen LogP contribution in [0, 0.1) is 6.92 Å². The third-order valence-corrected chi connectivity index (χ3v) is 3.66. The number of fused-ring (bicyclic) bond motifs is 1. The predicted molar refractivity (Wildman–Crippen MR) is 92.6 cm³/mol. The highest BCUT2D eigenvalue weighted by Gasteiger charge is 2.04. The fourth-order valence-corrected chi connectivity index (χ4v) is 2.53. The molecule has 2 amide bonds. The average Bonchev–Trinajstić information content (AvgIpc) is 2.97. The molecule has 0 spiro atoms. The molecular formula is C18H20N4O. The Morgan fingerprint density at radius 1 is 1.13 bits per heavy atom.